The van der Waals surface area contributed by atoms with Crippen molar-refractivity contribution in [2.45, 2.75) is 0 Å². The molecule has 3 rings (SSSR count). The smallest absolute Gasteiger partial charge is 0.241 e. The van der Waals surface area contributed by atoms with Crippen molar-refractivity contribution in [3.05, 3.63) is 35.6 Å². The van der Waals surface area contributed by atoms with E-state index in [2.05, 4.69) is 25.7 Å². The molecule has 0 unspecified atom stereocenters. The number of nitrogens with one attached hydrogen (secondary N) is 2. The van der Waals surface area contributed by atoms with Gasteiger partial charge in [0.1, 0.15) is 0 Å². The van der Waals surface area contributed by atoms with Gasteiger partial charge in [-0.15, -0.1) is 0 Å². The quantitative estimate of drug-likeness (QED) is 0.505. The second-order valence-corrected chi connectivity index (χ2v) is 4.64. The van der Waals surface area contributed by atoms with E-state index in [9.17, 15) is 0 Å². The van der Waals surface area contributed by atoms with Crippen LogP contribution in [0.15, 0.2) is 30.6 Å². The van der Waals surface area contributed by atoms with Gasteiger partial charge in [0.2, 0.25) is 5.95 Å². The summed E-state index contributed by atoms with van der Waals surface area (Å²) in [5, 5.41) is 3.85. The summed E-state index contributed by atoms with van der Waals surface area (Å²) in [5.41, 5.74) is 4.65. The van der Waals surface area contributed by atoms with Gasteiger partial charge in [0.15, 0.2) is 17.0 Å². The van der Waals surface area contributed by atoms with Crippen molar-refractivity contribution in [1.29, 1.82) is 0 Å². The summed E-state index contributed by atoms with van der Waals surface area (Å²) in [6.45, 7) is 0. The highest BCUT2D eigenvalue weighted by Gasteiger charge is 2.11. The standard InChI is InChI=1S/C12H12ClN7/c1-20-6-15-9-10(17-12(19-14)18-11(9)20)16-8-4-2-7(13)3-5-8/h2-6H,14H2,1H3,(H2,16,17,18,19). The Morgan fingerprint density at radius 1 is 1.20 bits per heavy atom. The topological polar surface area (TPSA) is 93.7 Å². The fourth-order valence-electron chi connectivity index (χ4n) is 1.83. The Balaban J connectivity index is 2.07. The minimum absolute atomic E-state index is 0.317. The number of halogens is 1. The van der Waals surface area contributed by atoms with Crippen LogP contribution in [0.3, 0.4) is 0 Å². The number of hydrogen-bond donors (Lipinski definition) is 3. The average molecular weight is 290 g/mol. The molecule has 0 radical (unpaired) electrons. The number of hydrogen-bond acceptors (Lipinski definition) is 6. The van der Waals surface area contributed by atoms with Crippen molar-refractivity contribution >= 4 is 40.2 Å². The van der Waals surface area contributed by atoms with E-state index >= 15 is 0 Å². The highest BCUT2D eigenvalue weighted by molar-refractivity contribution is 6.30. The molecule has 2 heterocycles. The number of imidazole rings is 1. The third kappa shape index (κ3) is 2.24. The zero-order valence-electron chi connectivity index (χ0n) is 10.6. The van der Waals surface area contributed by atoms with Gasteiger partial charge in [-0.1, -0.05) is 11.6 Å². The molecule has 3 aromatic rings. The maximum Gasteiger partial charge on any atom is 0.241 e. The number of aryl methyl sites for hydroxylation is 1. The molecule has 102 valence electrons. The Morgan fingerprint density at radius 2 is 1.95 bits per heavy atom. The summed E-state index contributed by atoms with van der Waals surface area (Å²) in [5.74, 6) is 6.28. The van der Waals surface area contributed by atoms with Crippen LogP contribution in [0.25, 0.3) is 11.2 Å². The van der Waals surface area contributed by atoms with Crippen LogP contribution in [-0.4, -0.2) is 19.5 Å². The van der Waals surface area contributed by atoms with Gasteiger partial charge in [-0.05, 0) is 24.3 Å². The maximum absolute atomic E-state index is 5.87. The number of nitrogen functional groups attached to an aromatic ring is 1. The Bertz CT molecular complexity index is 750. The molecule has 0 aliphatic rings. The number of fused-ring (bicyclic) bond motifs is 1. The van der Waals surface area contributed by atoms with Gasteiger partial charge in [0.25, 0.3) is 0 Å². The average Bonchev–Trinajstić information content (AvgIpc) is 2.83. The SMILES string of the molecule is Cn1cnc2c(Nc3ccc(Cl)cc3)nc(NN)nc21. The van der Waals surface area contributed by atoms with Crippen LogP contribution < -0.4 is 16.6 Å². The first kappa shape index (κ1) is 12.6. The van der Waals surface area contributed by atoms with E-state index < -0.39 is 0 Å². The van der Waals surface area contributed by atoms with Gasteiger partial charge in [-0.25, -0.2) is 10.8 Å². The van der Waals surface area contributed by atoms with Crippen LogP contribution in [0, 0.1) is 0 Å². The predicted molar refractivity (Wildman–Crippen MR) is 78.8 cm³/mol. The van der Waals surface area contributed by atoms with Gasteiger partial charge in [0.05, 0.1) is 6.33 Å². The second kappa shape index (κ2) is 4.95. The third-order valence-electron chi connectivity index (χ3n) is 2.80. The van der Waals surface area contributed by atoms with Crippen molar-refractivity contribution in [2.75, 3.05) is 10.7 Å². The van der Waals surface area contributed by atoms with E-state index in [4.69, 9.17) is 17.4 Å². The fourth-order valence-corrected chi connectivity index (χ4v) is 1.95. The number of nitrogens with zero attached hydrogens (tertiary/aromatic N) is 4. The van der Waals surface area contributed by atoms with Crippen molar-refractivity contribution in [2.24, 2.45) is 12.9 Å². The molecule has 1 aromatic carbocycles. The normalized spacial score (nSPS) is 10.8. The summed E-state index contributed by atoms with van der Waals surface area (Å²) < 4.78 is 1.80. The third-order valence-corrected chi connectivity index (χ3v) is 3.05. The summed E-state index contributed by atoms with van der Waals surface area (Å²) in [7, 11) is 1.86. The summed E-state index contributed by atoms with van der Waals surface area (Å²) in [6, 6.07) is 7.30. The zero-order valence-corrected chi connectivity index (χ0v) is 11.4. The van der Waals surface area contributed by atoms with Gasteiger partial charge in [-0.3, -0.25) is 5.43 Å². The van der Waals surface area contributed by atoms with E-state index in [-0.39, 0.29) is 0 Å². The van der Waals surface area contributed by atoms with Crippen LogP contribution in [0.2, 0.25) is 5.02 Å². The first-order valence-electron chi connectivity index (χ1n) is 5.85. The van der Waals surface area contributed by atoms with E-state index in [1.165, 1.54) is 0 Å². The van der Waals surface area contributed by atoms with Crippen molar-refractivity contribution in [1.82, 2.24) is 19.5 Å². The Kier molecular flexibility index (Phi) is 3.13. The number of nitrogens with two attached hydrogens (primary N) is 1. The molecule has 0 bridgehead atoms. The first-order chi connectivity index (χ1) is 9.67. The lowest BCUT2D eigenvalue weighted by Crippen LogP contribution is -2.12. The van der Waals surface area contributed by atoms with Gasteiger partial charge < -0.3 is 9.88 Å². The molecule has 2 aromatic heterocycles. The van der Waals surface area contributed by atoms with Crippen LogP contribution in [0.1, 0.15) is 0 Å². The molecule has 20 heavy (non-hydrogen) atoms. The van der Waals surface area contributed by atoms with Crippen molar-refractivity contribution < 1.29 is 0 Å². The number of anilines is 3. The van der Waals surface area contributed by atoms with Crippen LogP contribution >= 0.6 is 11.6 Å². The molecule has 8 heteroatoms. The monoisotopic (exact) mass is 289 g/mol. The van der Waals surface area contributed by atoms with Gasteiger partial charge >= 0.3 is 0 Å². The molecule has 0 aliphatic heterocycles. The molecule has 7 nitrogen and oxygen atoms in total. The van der Waals surface area contributed by atoms with E-state index in [1.54, 1.807) is 23.0 Å². The summed E-state index contributed by atoms with van der Waals surface area (Å²) >= 11 is 5.87. The number of rotatable bonds is 3. The summed E-state index contributed by atoms with van der Waals surface area (Å²) in [6.07, 6.45) is 1.67. The molecule has 0 fully saturated rings. The van der Waals surface area contributed by atoms with Crippen LogP contribution in [0.4, 0.5) is 17.5 Å². The molecule has 4 N–H and O–H groups in total. The van der Waals surface area contributed by atoms with Gasteiger partial charge in [-0.2, -0.15) is 9.97 Å². The molecule has 0 amide bonds. The maximum atomic E-state index is 5.87. The molecule has 0 aliphatic carbocycles. The first-order valence-corrected chi connectivity index (χ1v) is 6.23. The van der Waals surface area contributed by atoms with E-state index in [0.717, 1.165) is 5.69 Å². The largest absolute Gasteiger partial charge is 0.338 e. The number of aromatic nitrogens is 4. The van der Waals surface area contributed by atoms with Crippen molar-refractivity contribution in [3.8, 4) is 0 Å². The van der Waals surface area contributed by atoms with E-state index in [1.807, 2.05) is 19.2 Å². The fraction of sp³-hybridized carbons (Fsp3) is 0.0833. The number of benzene rings is 1. The minimum atomic E-state index is 0.317. The number of hydrazine groups is 1. The Labute approximate surface area is 119 Å². The second-order valence-electron chi connectivity index (χ2n) is 4.20. The predicted octanol–water partition coefficient (Wildman–Crippen LogP) is 2.05. The van der Waals surface area contributed by atoms with Crippen molar-refractivity contribution in [3.63, 3.8) is 0 Å². The zero-order chi connectivity index (χ0) is 14.1. The lowest BCUT2D eigenvalue weighted by molar-refractivity contribution is 0.928. The molecule has 0 spiro atoms. The molecule has 0 saturated carbocycles. The van der Waals surface area contributed by atoms with Crippen LogP contribution in [0.5, 0.6) is 0 Å². The minimum Gasteiger partial charge on any atom is -0.338 e. The Morgan fingerprint density at radius 3 is 2.65 bits per heavy atom. The molecule has 0 saturated heterocycles. The molecule has 0 atom stereocenters. The van der Waals surface area contributed by atoms with Gasteiger partial charge in [0, 0.05) is 17.8 Å². The molecular formula is C12H12ClN7. The highest BCUT2D eigenvalue weighted by Crippen LogP contribution is 2.24. The lowest BCUT2D eigenvalue weighted by Gasteiger charge is -2.08. The molecular weight excluding hydrogens is 278 g/mol. The Hall–Kier alpha value is -2.38. The summed E-state index contributed by atoms with van der Waals surface area (Å²) in [4.78, 5) is 12.8. The highest BCUT2D eigenvalue weighted by atomic mass is 35.5. The van der Waals surface area contributed by atoms with Crippen LogP contribution in [-0.2, 0) is 7.05 Å². The van der Waals surface area contributed by atoms with E-state index in [0.29, 0.717) is 28.0 Å². The lowest BCUT2D eigenvalue weighted by atomic mass is 10.3.